The molecule has 1 unspecified atom stereocenters. The molecule has 0 amide bonds. The van der Waals surface area contributed by atoms with Gasteiger partial charge in [-0.1, -0.05) is 31.0 Å². The molecule has 0 aromatic heterocycles. The van der Waals surface area contributed by atoms with Gasteiger partial charge in [0.05, 0.1) is 0 Å². The highest BCUT2D eigenvalue weighted by atomic mass is 31.2. The predicted molar refractivity (Wildman–Crippen MR) is 71.6 cm³/mol. The lowest BCUT2D eigenvalue weighted by atomic mass is 9.85. The molecule has 1 aliphatic carbocycles. The Morgan fingerprint density at radius 1 is 1.17 bits per heavy atom. The van der Waals surface area contributed by atoms with Gasteiger partial charge in [-0.3, -0.25) is 0 Å². The molecule has 3 atom stereocenters. The summed E-state index contributed by atoms with van der Waals surface area (Å²) in [6, 6.07) is 9.69. The smallest absolute Gasteiger partial charge is 0.390 e. The molecule has 0 radical (unpaired) electrons. The van der Waals surface area contributed by atoms with Crippen molar-refractivity contribution in [2.45, 2.75) is 31.7 Å². The minimum Gasteiger partial charge on any atom is -0.422 e. The van der Waals surface area contributed by atoms with E-state index in [1.165, 1.54) is 19.3 Å². The molecule has 0 bridgehead atoms. The van der Waals surface area contributed by atoms with Gasteiger partial charge in [0.25, 0.3) is 0 Å². The third-order valence-corrected chi connectivity index (χ3v) is 5.52. The molecule has 98 valence electrons. The fourth-order valence-corrected chi connectivity index (χ4v) is 4.69. The minimum atomic E-state index is -2.92. The van der Waals surface area contributed by atoms with Crippen molar-refractivity contribution in [2.75, 3.05) is 6.54 Å². The maximum atomic E-state index is 12.6. The summed E-state index contributed by atoms with van der Waals surface area (Å²) in [5, 5.41) is 6.27. The van der Waals surface area contributed by atoms with Gasteiger partial charge < -0.3 is 4.52 Å². The highest BCUT2D eigenvalue weighted by molar-refractivity contribution is 7.55. The minimum absolute atomic E-state index is 0.342. The van der Waals surface area contributed by atoms with E-state index in [1.807, 2.05) is 30.3 Å². The monoisotopic (exact) mass is 266 g/mol. The van der Waals surface area contributed by atoms with E-state index in [4.69, 9.17) is 4.52 Å². The van der Waals surface area contributed by atoms with Crippen molar-refractivity contribution >= 4 is 7.67 Å². The van der Waals surface area contributed by atoms with E-state index in [0.29, 0.717) is 17.7 Å². The zero-order chi connectivity index (χ0) is 12.4. The molecular weight excluding hydrogens is 247 g/mol. The van der Waals surface area contributed by atoms with Gasteiger partial charge in [0.2, 0.25) is 0 Å². The van der Waals surface area contributed by atoms with Gasteiger partial charge in [0.1, 0.15) is 5.75 Å². The van der Waals surface area contributed by atoms with Crippen LogP contribution in [0.1, 0.15) is 25.7 Å². The summed E-state index contributed by atoms with van der Waals surface area (Å²) in [4.78, 5) is 0. The standard InChI is InChI=1S/C13H19N2O2P/c16-18(17-12-7-2-1-3-8-12)14-10-11-6-4-5-9-13(11)15-18/h1-3,7-8,11,13H,4-6,9-10H2,(H2,14,15,16)/t11-,13+,18?/m1/s1. The number of rotatable bonds is 2. The third-order valence-electron chi connectivity index (χ3n) is 3.78. The Morgan fingerprint density at radius 2 is 1.94 bits per heavy atom. The molecule has 2 aliphatic rings. The van der Waals surface area contributed by atoms with Crippen LogP contribution in [0.3, 0.4) is 0 Å². The second-order valence-electron chi connectivity index (χ2n) is 5.10. The molecule has 1 aliphatic heterocycles. The molecule has 1 aromatic carbocycles. The van der Waals surface area contributed by atoms with E-state index in [9.17, 15) is 4.57 Å². The first-order valence-corrected chi connectivity index (χ1v) is 8.25. The number of para-hydroxylation sites is 1. The van der Waals surface area contributed by atoms with Crippen LogP contribution < -0.4 is 14.7 Å². The first-order chi connectivity index (χ1) is 8.75. The summed E-state index contributed by atoms with van der Waals surface area (Å²) in [7, 11) is -2.92. The molecular formula is C13H19N2O2P. The molecule has 5 heteroatoms. The summed E-state index contributed by atoms with van der Waals surface area (Å²) in [5.74, 6) is 1.25. The van der Waals surface area contributed by atoms with Gasteiger partial charge in [0, 0.05) is 12.6 Å². The van der Waals surface area contributed by atoms with Crippen LogP contribution in [0.25, 0.3) is 0 Å². The predicted octanol–water partition coefficient (Wildman–Crippen LogP) is 2.93. The van der Waals surface area contributed by atoms with Crippen molar-refractivity contribution in [1.82, 2.24) is 10.2 Å². The second kappa shape index (κ2) is 5.04. The molecule has 4 nitrogen and oxygen atoms in total. The van der Waals surface area contributed by atoms with Crippen molar-refractivity contribution in [1.29, 1.82) is 0 Å². The second-order valence-corrected chi connectivity index (χ2v) is 6.96. The van der Waals surface area contributed by atoms with Gasteiger partial charge in [-0.2, -0.15) is 0 Å². The average molecular weight is 266 g/mol. The fraction of sp³-hybridized carbons (Fsp3) is 0.538. The number of hydrogen-bond acceptors (Lipinski definition) is 2. The van der Waals surface area contributed by atoms with Crippen LogP contribution in [0.2, 0.25) is 0 Å². The van der Waals surface area contributed by atoms with E-state index >= 15 is 0 Å². The molecule has 18 heavy (non-hydrogen) atoms. The first kappa shape index (κ1) is 12.2. The molecule has 2 N–H and O–H groups in total. The normalized spacial score (nSPS) is 35.8. The quantitative estimate of drug-likeness (QED) is 0.808. The Kier molecular flexibility index (Phi) is 3.42. The van der Waals surface area contributed by atoms with Crippen molar-refractivity contribution in [3.05, 3.63) is 30.3 Å². The van der Waals surface area contributed by atoms with Crippen molar-refractivity contribution < 1.29 is 9.09 Å². The Labute approximate surface area is 108 Å². The first-order valence-electron chi connectivity index (χ1n) is 6.63. The Bertz CT molecular complexity index is 452. The highest BCUT2D eigenvalue weighted by Crippen LogP contribution is 2.45. The van der Waals surface area contributed by atoms with E-state index in [0.717, 1.165) is 13.0 Å². The highest BCUT2D eigenvalue weighted by Gasteiger charge is 2.39. The molecule has 3 rings (SSSR count). The molecule has 1 saturated heterocycles. The van der Waals surface area contributed by atoms with Crippen LogP contribution in [0.15, 0.2) is 30.3 Å². The lowest BCUT2D eigenvalue weighted by Gasteiger charge is -2.39. The Morgan fingerprint density at radius 3 is 2.78 bits per heavy atom. The van der Waals surface area contributed by atoms with Gasteiger partial charge in [-0.25, -0.2) is 14.7 Å². The summed E-state index contributed by atoms with van der Waals surface area (Å²) >= 11 is 0. The van der Waals surface area contributed by atoms with E-state index in [2.05, 4.69) is 10.2 Å². The molecule has 1 saturated carbocycles. The SMILES string of the molecule is O=P1(Oc2ccccc2)NC[C@H]2CCCC[C@@H]2N1. The lowest BCUT2D eigenvalue weighted by Crippen LogP contribution is -2.49. The van der Waals surface area contributed by atoms with Crippen LogP contribution in [0.4, 0.5) is 0 Å². The van der Waals surface area contributed by atoms with Crippen LogP contribution in [0.5, 0.6) is 5.75 Å². The largest absolute Gasteiger partial charge is 0.422 e. The maximum Gasteiger partial charge on any atom is 0.390 e. The number of nitrogens with one attached hydrogen (secondary N) is 2. The van der Waals surface area contributed by atoms with Gasteiger partial charge in [0.15, 0.2) is 0 Å². The van der Waals surface area contributed by atoms with Gasteiger partial charge >= 0.3 is 7.67 Å². The van der Waals surface area contributed by atoms with Crippen LogP contribution in [0, 0.1) is 5.92 Å². The summed E-state index contributed by atoms with van der Waals surface area (Å²) in [6.45, 7) is 0.793. The number of fused-ring (bicyclic) bond motifs is 1. The van der Waals surface area contributed by atoms with Gasteiger partial charge in [-0.05, 0) is 30.9 Å². The summed E-state index contributed by atoms with van der Waals surface area (Å²) in [6.07, 6.45) is 4.83. The third kappa shape index (κ3) is 2.61. The number of benzene rings is 1. The van der Waals surface area contributed by atoms with Crippen molar-refractivity contribution in [2.24, 2.45) is 5.92 Å². The zero-order valence-electron chi connectivity index (χ0n) is 10.3. The van der Waals surface area contributed by atoms with Crippen LogP contribution >= 0.6 is 7.67 Å². The topological polar surface area (TPSA) is 50.4 Å². The summed E-state index contributed by atoms with van der Waals surface area (Å²) in [5.41, 5.74) is 0. The van der Waals surface area contributed by atoms with Crippen LogP contribution in [-0.4, -0.2) is 12.6 Å². The fourth-order valence-electron chi connectivity index (χ4n) is 2.81. The molecule has 2 fully saturated rings. The number of hydrogen-bond donors (Lipinski definition) is 2. The van der Waals surface area contributed by atoms with Crippen molar-refractivity contribution in [3.63, 3.8) is 0 Å². The molecule has 1 aromatic rings. The zero-order valence-corrected chi connectivity index (χ0v) is 11.2. The maximum absolute atomic E-state index is 12.6. The van der Waals surface area contributed by atoms with E-state index < -0.39 is 7.67 Å². The van der Waals surface area contributed by atoms with Crippen molar-refractivity contribution in [3.8, 4) is 5.75 Å². The van der Waals surface area contributed by atoms with Crippen LogP contribution in [-0.2, 0) is 4.57 Å². The van der Waals surface area contributed by atoms with E-state index in [1.54, 1.807) is 0 Å². The Balaban J connectivity index is 1.70. The average Bonchev–Trinajstić information content (AvgIpc) is 2.39. The molecule has 1 heterocycles. The summed E-state index contributed by atoms with van der Waals surface area (Å²) < 4.78 is 18.2. The molecule has 0 spiro atoms. The van der Waals surface area contributed by atoms with Gasteiger partial charge in [-0.15, -0.1) is 0 Å². The van der Waals surface area contributed by atoms with E-state index in [-0.39, 0.29) is 0 Å². The Hall–Kier alpha value is -0.830. The lowest BCUT2D eigenvalue weighted by molar-refractivity contribution is 0.257.